The molecule has 0 bridgehead atoms. The molecule has 0 unspecified atom stereocenters. The fourth-order valence-electron chi connectivity index (χ4n) is 2.95. The van der Waals surface area contributed by atoms with Crippen molar-refractivity contribution in [3.8, 4) is 28.2 Å². The first-order valence-corrected chi connectivity index (χ1v) is 7.08. The molecule has 21 heavy (non-hydrogen) atoms. The predicted molar refractivity (Wildman–Crippen MR) is 81.3 cm³/mol. The van der Waals surface area contributed by atoms with E-state index in [-0.39, 0.29) is 0 Å². The lowest BCUT2D eigenvalue weighted by molar-refractivity contribution is 0.414. The molecule has 1 aliphatic carbocycles. The highest BCUT2D eigenvalue weighted by Gasteiger charge is 2.24. The maximum atomic E-state index is 5.64. The van der Waals surface area contributed by atoms with Gasteiger partial charge in [-0.05, 0) is 48.2 Å². The van der Waals surface area contributed by atoms with Crippen molar-refractivity contribution in [2.24, 2.45) is 0 Å². The van der Waals surface area contributed by atoms with Gasteiger partial charge in [0.15, 0.2) is 5.76 Å². The lowest BCUT2D eigenvalue weighted by Gasteiger charge is -2.15. The topological polar surface area (TPSA) is 35.3 Å². The van der Waals surface area contributed by atoms with Gasteiger partial charge in [0.2, 0.25) is 0 Å². The van der Waals surface area contributed by atoms with Crippen LogP contribution in [0.5, 0.6) is 5.75 Å². The molecule has 1 heterocycles. The summed E-state index contributed by atoms with van der Waals surface area (Å²) in [6.07, 6.45) is 1.96. The van der Waals surface area contributed by atoms with Gasteiger partial charge in [-0.2, -0.15) is 0 Å². The van der Waals surface area contributed by atoms with Crippen molar-refractivity contribution in [1.82, 2.24) is 5.16 Å². The Morgan fingerprint density at radius 2 is 1.81 bits per heavy atom. The molecule has 0 radical (unpaired) electrons. The van der Waals surface area contributed by atoms with Crippen LogP contribution in [0.15, 0.2) is 53.1 Å². The number of hydrogen-bond donors (Lipinski definition) is 0. The van der Waals surface area contributed by atoms with E-state index >= 15 is 0 Å². The number of benzene rings is 2. The third-order valence-corrected chi connectivity index (χ3v) is 4.03. The number of rotatable bonds is 2. The molecule has 104 valence electrons. The van der Waals surface area contributed by atoms with E-state index in [2.05, 4.69) is 29.4 Å². The van der Waals surface area contributed by atoms with Crippen molar-refractivity contribution < 1.29 is 9.26 Å². The molecule has 3 nitrogen and oxygen atoms in total. The lowest BCUT2D eigenvalue weighted by atomic mass is 9.87. The summed E-state index contributed by atoms with van der Waals surface area (Å²) in [7, 11) is 1.67. The normalized spacial score (nSPS) is 12.6. The minimum Gasteiger partial charge on any atom is -0.497 e. The molecule has 3 heteroatoms. The van der Waals surface area contributed by atoms with E-state index in [0.717, 1.165) is 41.2 Å². The van der Waals surface area contributed by atoms with Crippen LogP contribution in [0, 0.1) is 0 Å². The highest BCUT2D eigenvalue weighted by molar-refractivity contribution is 5.84. The average Bonchev–Trinajstić information content (AvgIpc) is 2.99. The van der Waals surface area contributed by atoms with E-state index in [4.69, 9.17) is 9.26 Å². The number of methoxy groups -OCH3 is 1. The van der Waals surface area contributed by atoms with Crippen LogP contribution in [-0.4, -0.2) is 12.3 Å². The van der Waals surface area contributed by atoms with Gasteiger partial charge in [0, 0.05) is 5.56 Å². The van der Waals surface area contributed by atoms with Gasteiger partial charge in [-0.15, -0.1) is 0 Å². The van der Waals surface area contributed by atoms with Crippen molar-refractivity contribution in [2.45, 2.75) is 12.8 Å². The van der Waals surface area contributed by atoms with Gasteiger partial charge >= 0.3 is 0 Å². The van der Waals surface area contributed by atoms with Crippen molar-refractivity contribution in [1.29, 1.82) is 0 Å². The van der Waals surface area contributed by atoms with Crippen LogP contribution in [0.3, 0.4) is 0 Å². The predicted octanol–water partition coefficient (Wildman–Crippen LogP) is 4.12. The summed E-state index contributed by atoms with van der Waals surface area (Å²) in [4.78, 5) is 0. The number of fused-ring (bicyclic) bond motifs is 3. The number of aromatic nitrogens is 1. The molecule has 0 amide bonds. The van der Waals surface area contributed by atoms with Gasteiger partial charge in [-0.25, -0.2) is 0 Å². The fourth-order valence-corrected chi connectivity index (χ4v) is 2.95. The standard InChI is InChI=1S/C18H15NO2/c1-20-14-9-6-13(7-10-14)18-17-15-5-3-2-4-12(15)8-11-16(17)19-21-18/h2-7,9-10H,8,11H2,1H3. The maximum absolute atomic E-state index is 5.64. The third-order valence-electron chi connectivity index (χ3n) is 4.03. The summed E-state index contributed by atoms with van der Waals surface area (Å²) in [6, 6.07) is 16.4. The second-order valence-corrected chi connectivity index (χ2v) is 5.22. The summed E-state index contributed by atoms with van der Waals surface area (Å²) in [6.45, 7) is 0. The van der Waals surface area contributed by atoms with E-state index in [9.17, 15) is 0 Å². The molecule has 0 saturated heterocycles. The fraction of sp³-hybridized carbons (Fsp3) is 0.167. The zero-order chi connectivity index (χ0) is 14.2. The zero-order valence-electron chi connectivity index (χ0n) is 11.8. The second kappa shape index (κ2) is 4.77. The Morgan fingerprint density at radius 3 is 2.62 bits per heavy atom. The van der Waals surface area contributed by atoms with E-state index in [1.165, 1.54) is 11.1 Å². The van der Waals surface area contributed by atoms with Gasteiger partial charge in [0.1, 0.15) is 5.75 Å². The average molecular weight is 277 g/mol. The molecule has 0 atom stereocenters. The Kier molecular flexibility index (Phi) is 2.78. The van der Waals surface area contributed by atoms with E-state index in [1.54, 1.807) is 7.11 Å². The number of hydrogen-bond acceptors (Lipinski definition) is 3. The van der Waals surface area contributed by atoms with Crippen LogP contribution in [0.4, 0.5) is 0 Å². The first-order valence-electron chi connectivity index (χ1n) is 7.08. The number of ether oxygens (including phenoxy) is 1. The summed E-state index contributed by atoms with van der Waals surface area (Å²) in [5.41, 5.74) is 5.83. The van der Waals surface area contributed by atoms with Crippen LogP contribution in [-0.2, 0) is 12.8 Å². The lowest BCUT2D eigenvalue weighted by Crippen LogP contribution is -2.02. The Balaban J connectivity index is 1.88. The smallest absolute Gasteiger partial charge is 0.174 e. The van der Waals surface area contributed by atoms with Crippen LogP contribution >= 0.6 is 0 Å². The van der Waals surface area contributed by atoms with Crippen LogP contribution in [0.25, 0.3) is 22.5 Å². The summed E-state index contributed by atoms with van der Waals surface area (Å²) < 4.78 is 10.9. The van der Waals surface area contributed by atoms with Crippen molar-refractivity contribution in [3.63, 3.8) is 0 Å². The Morgan fingerprint density at radius 1 is 1.00 bits per heavy atom. The molecule has 1 aliphatic rings. The van der Waals surface area contributed by atoms with Gasteiger partial charge in [0.05, 0.1) is 18.4 Å². The van der Waals surface area contributed by atoms with Crippen LogP contribution in [0.2, 0.25) is 0 Å². The van der Waals surface area contributed by atoms with Crippen LogP contribution < -0.4 is 4.74 Å². The molecule has 3 aromatic rings. The Bertz CT molecular complexity index is 787. The monoisotopic (exact) mass is 277 g/mol. The minimum atomic E-state index is 0.840. The molecule has 1 aromatic heterocycles. The second-order valence-electron chi connectivity index (χ2n) is 5.22. The van der Waals surface area contributed by atoms with Crippen LogP contribution in [0.1, 0.15) is 11.3 Å². The molecular formula is C18H15NO2. The molecule has 0 N–H and O–H groups in total. The molecule has 4 rings (SSSR count). The summed E-state index contributed by atoms with van der Waals surface area (Å²) >= 11 is 0. The molecule has 0 fully saturated rings. The van der Waals surface area contributed by atoms with Crippen molar-refractivity contribution >= 4 is 0 Å². The first-order chi connectivity index (χ1) is 10.4. The zero-order valence-corrected chi connectivity index (χ0v) is 11.8. The van der Waals surface area contributed by atoms with Gasteiger partial charge in [0.25, 0.3) is 0 Å². The Labute approximate surface area is 123 Å². The highest BCUT2D eigenvalue weighted by Crippen LogP contribution is 2.40. The molecular weight excluding hydrogens is 262 g/mol. The third kappa shape index (κ3) is 1.93. The summed E-state index contributed by atoms with van der Waals surface area (Å²) in [5.74, 6) is 1.69. The maximum Gasteiger partial charge on any atom is 0.174 e. The van der Waals surface area contributed by atoms with Crippen molar-refractivity contribution in [3.05, 3.63) is 59.8 Å². The summed E-state index contributed by atoms with van der Waals surface area (Å²) in [5, 5.41) is 4.27. The number of aryl methyl sites for hydroxylation is 2. The quantitative estimate of drug-likeness (QED) is 0.707. The van der Waals surface area contributed by atoms with Gasteiger partial charge in [-0.1, -0.05) is 29.4 Å². The number of nitrogens with zero attached hydrogens (tertiary/aromatic N) is 1. The van der Waals surface area contributed by atoms with E-state index in [1.807, 2.05) is 24.3 Å². The van der Waals surface area contributed by atoms with Gasteiger partial charge in [-0.3, -0.25) is 0 Å². The minimum absolute atomic E-state index is 0.840. The van der Waals surface area contributed by atoms with Gasteiger partial charge < -0.3 is 9.26 Å². The molecule has 0 aliphatic heterocycles. The van der Waals surface area contributed by atoms with E-state index < -0.39 is 0 Å². The molecule has 0 spiro atoms. The van der Waals surface area contributed by atoms with E-state index in [0.29, 0.717) is 0 Å². The highest BCUT2D eigenvalue weighted by atomic mass is 16.5. The largest absolute Gasteiger partial charge is 0.497 e. The SMILES string of the molecule is COc1ccc(-c2onc3c2-c2ccccc2CC3)cc1. The first kappa shape index (κ1) is 12.2. The Hall–Kier alpha value is -2.55. The molecule has 2 aromatic carbocycles. The molecule has 0 saturated carbocycles. The van der Waals surface area contributed by atoms with Crippen molar-refractivity contribution in [2.75, 3.05) is 7.11 Å².